The van der Waals surface area contributed by atoms with Crippen LogP contribution in [0, 0.1) is 0 Å². The Balaban J connectivity index is 1.55. The summed E-state index contributed by atoms with van der Waals surface area (Å²) in [5, 5.41) is 14.3. The zero-order valence-electron chi connectivity index (χ0n) is 17.1. The van der Waals surface area contributed by atoms with Crippen molar-refractivity contribution < 1.29 is 9.21 Å². The van der Waals surface area contributed by atoms with Crippen molar-refractivity contribution in [2.75, 3.05) is 25.0 Å². The van der Waals surface area contributed by atoms with Gasteiger partial charge in [0.25, 0.3) is 5.89 Å². The van der Waals surface area contributed by atoms with Crippen LogP contribution in [0.1, 0.15) is 25.3 Å². The molecule has 156 valence electrons. The molecule has 1 fully saturated rings. The third-order valence-corrected chi connectivity index (χ3v) is 5.05. The Morgan fingerprint density at radius 2 is 2.00 bits per heavy atom. The van der Waals surface area contributed by atoms with Crippen LogP contribution in [-0.4, -0.2) is 52.3 Å². The highest BCUT2D eigenvalue weighted by Crippen LogP contribution is 2.27. The third-order valence-electron chi connectivity index (χ3n) is 5.05. The first-order chi connectivity index (χ1) is 14.7. The van der Waals surface area contributed by atoms with E-state index in [1.807, 2.05) is 43.1 Å². The summed E-state index contributed by atoms with van der Waals surface area (Å²) < 4.78 is 5.85. The quantitative estimate of drug-likeness (QED) is 0.612. The molecule has 1 atom stereocenters. The number of carbonyl (C=O) groups excluding carboxylic acids is 1. The molecule has 1 saturated heterocycles. The summed E-state index contributed by atoms with van der Waals surface area (Å²) in [5.41, 5.74) is 2.50. The number of anilines is 1. The number of nitrogens with one attached hydrogen (secondary N) is 2. The topological polar surface area (TPSA) is 109 Å². The van der Waals surface area contributed by atoms with Gasteiger partial charge in [0.1, 0.15) is 17.6 Å². The van der Waals surface area contributed by atoms with Gasteiger partial charge in [-0.05, 0) is 44.5 Å². The van der Waals surface area contributed by atoms with Crippen molar-refractivity contribution in [1.29, 1.82) is 0 Å². The second kappa shape index (κ2) is 9.00. The van der Waals surface area contributed by atoms with Gasteiger partial charge in [0.05, 0.1) is 12.4 Å². The number of carbonyl (C=O) groups is 1. The fourth-order valence-corrected chi connectivity index (χ4v) is 3.62. The van der Waals surface area contributed by atoms with Crippen LogP contribution < -0.4 is 15.5 Å². The summed E-state index contributed by atoms with van der Waals surface area (Å²) in [4.78, 5) is 23.3. The van der Waals surface area contributed by atoms with Crippen LogP contribution in [0.25, 0.3) is 23.0 Å². The van der Waals surface area contributed by atoms with E-state index in [0.29, 0.717) is 29.8 Å². The van der Waals surface area contributed by atoms with Crippen LogP contribution >= 0.6 is 0 Å². The lowest BCUT2D eigenvalue weighted by Gasteiger charge is -2.24. The predicted molar refractivity (Wildman–Crippen MR) is 113 cm³/mol. The molecule has 0 spiro atoms. The first-order valence-electron chi connectivity index (χ1n) is 10.1. The minimum Gasteiger partial charge on any atom is -0.415 e. The molecule has 0 aliphatic carbocycles. The monoisotopic (exact) mass is 407 g/mol. The third kappa shape index (κ3) is 4.16. The van der Waals surface area contributed by atoms with E-state index in [2.05, 4.69) is 30.8 Å². The molecule has 1 aliphatic rings. The fraction of sp³-hybridized carbons (Fsp3) is 0.381. The predicted octanol–water partition coefficient (Wildman–Crippen LogP) is 2.02. The Morgan fingerprint density at radius 3 is 2.77 bits per heavy atom. The minimum absolute atomic E-state index is 0.0176. The molecule has 1 amide bonds. The maximum Gasteiger partial charge on any atom is 0.268 e. The van der Waals surface area contributed by atoms with Gasteiger partial charge in [-0.1, -0.05) is 12.1 Å². The SMILES string of the molecule is CCNC(=O)[C@H]1CCCN1c1cncc(-c2nnc(-c3ccc(CNC)cc3)o2)n1. The lowest BCUT2D eigenvalue weighted by atomic mass is 10.1. The van der Waals surface area contributed by atoms with E-state index in [1.54, 1.807) is 12.4 Å². The Hall–Kier alpha value is -3.33. The van der Waals surface area contributed by atoms with E-state index in [0.717, 1.165) is 31.5 Å². The zero-order valence-corrected chi connectivity index (χ0v) is 17.1. The molecular formula is C21H25N7O2. The highest BCUT2D eigenvalue weighted by molar-refractivity contribution is 5.85. The lowest BCUT2D eigenvalue weighted by molar-refractivity contribution is -0.122. The number of hydrogen-bond acceptors (Lipinski definition) is 8. The Bertz CT molecular complexity index is 1000. The summed E-state index contributed by atoms with van der Waals surface area (Å²) in [6.45, 7) is 4.08. The number of hydrogen-bond donors (Lipinski definition) is 2. The summed E-state index contributed by atoms with van der Waals surface area (Å²) in [7, 11) is 1.91. The summed E-state index contributed by atoms with van der Waals surface area (Å²) in [5.74, 6) is 1.38. The van der Waals surface area contributed by atoms with E-state index in [-0.39, 0.29) is 11.9 Å². The maximum atomic E-state index is 12.4. The molecule has 1 aliphatic heterocycles. The van der Waals surface area contributed by atoms with Crippen LogP contribution in [0.4, 0.5) is 5.82 Å². The van der Waals surface area contributed by atoms with Crippen molar-refractivity contribution in [3.05, 3.63) is 42.2 Å². The van der Waals surface area contributed by atoms with Gasteiger partial charge >= 0.3 is 0 Å². The molecule has 9 heteroatoms. The molecule has 0 bridgehead atoms. The average Bonchev–Trinajstić information content (AvgIpc) is 3.45. The van der Waals surface area contributed by atoms with Crippen LogP contribution in [0.5, 0.6) is 0 Å². The van der Waals surface area contributed by atoms with Gasteiger partial charge in [0, 0.05) is 25.2 Å². The summed E-state index contributed by atoms with van der Waals surface area (Å²) >= 11 is 0. The molecule has 0 unspecified atom stereocenters. The highest BCUT2D eigenvalue weighted by Gasteiger charge is 2.31. The van der Waals surface area contributed by atoms with Crippen molar-refractivity contribution in [1.82, 2.24) is 30.8 Å². The largest absolute Gasteiger partial charge is 0.415 e. The maximum absolute atomic E-state index is 12.4. The molecular weight excluding hydrogens is 382 g/mol. The van der Waals surface area contributed by atoms with E-state index in [4.69, 9.17) is 4.42 Å². The van der Waals surface area contributed by atoms with Crippen LogP contribution in [0.15, 0.2) is 41.1 Å². The van der Waals surface area contributed by atoms with Crippen molar-refractivity contribution in [3.63, 3.8) is 0 Å². The van der Waals surface area contributed by atoms with Gasteiger partial charge in [-0.3, -0.25) is 9.78 Å². The Labute approximate surface area is 174 Å². The van der Waals surface area contributed by atoms with Gasteiger partial charge in [-0.2, -0.15) is 0 Å². The van der Waals surface area contributed by atoms with Crippen molar-refractivity contribution in [2.45, 2.75) is 32.4 Å². The number of benzene rings is 1. The highest BCUT2D eigenvalue weighted by atomic mass is 16.4. The number of amides is 1. The summed E-state index contributed by atoms with van der Waals surface area (Å²) in [6.07, 6.45) is 4.99. The second-order valence-corrected chi connectivity index (χ2v) is 7.15. The smallest absolute Gasteiger partial charge is 0.268 e. The molecule has 4 rings (SSSR count). The van der Waals surface area contributed by atoms with E-state index >= 15 is 0 Å². The average molecular weight is 407 g/mol. The number of rotatable bonds is 7. The van der Waals surface area contributed by atoms with Crippen molar-refractivity contribution in [2.24, 2.45) is 0 Å². The van der Waals surface area contributed by atoms with E-state index in [9.17, 15) is 4.79 Å². The molecule has 3 heterocycles. The standard InChI is InChI=1S/C21H25N7O2/c1-3-24-19(29)17-5-4-10-28(17)18-13-23-12-16(25-18)21-27-26-20(30-21)15-8-6-14(7-9-15)11-22-2/h6-9,12-13,17,22H,3-5,10-11H2,1-2H3,(H,24,29)/t17-/m1/s1. The fourth-order valence-electron chi connectivity index (χ4n) is 3.62. The van der Waals surface area contributed by atoms with Gasteiger partial charge in [0.15, 0.2) is 0 Å². The van der Waals surface area contributed by atoms with E-state index in [1.165, 1.54) is 5.56 Å². The second-order valence-electron chi connectivity index (χ2n) is 7.15. The molecule has 0 radical (unpaired) electrons. The molecule has 2 N–H and O–H groups in total. The molecule has 0 saturated carbocycles. The minimum atomic E-state index is -0.233. The van der Waals surface area contributed by atoms with Gasteiger partial charge in [-0.15, -0.1) is 10.2 Å². The molecule has 2 aromatic heterocycles. The zero-order chi connectivity index (χ0) is 20.9. The summed E-state index contributed by atoms with van der Waals surface area (Å²) in [6, 6.07) is 7.71. The van der Waals surface area contributed by atoms with Crippen LogP contribution in [0.2, 0.25) is 0 Å². The Kier molecular flexibility index (Phi) is 5.99. The molecule has 30 heavy (non-hydrogen) atoms. The molecule has 3 aromatic rings. The normalized spacial score (nSPS) is 16.1. The van der Waals surface area contributed by atoms with Crippen molar-refractivity contribution >= 4 is 11.7 Å². The van der Waals surface area contributed by atoms with Crippen LogP contribution in [0.3, 0.4) is 0 Å². The lowest BCUT2D eigenvalue weighted by Crippen LogP contribution is -2.43. The molecule has 1 aromatic carbocycles. The molecule has 9 nitrogen and oxygen atoms in total. The van der Waals surface area contributed by atoms with Gasteiger partial charge < -0.3 is 20.0 Å². The number of aromatic nitrogens is 4. The van der Waals surface area contributed by atoms with E-state index < -0.39 is 0 Å². The van der Waals surface area contributed by atoms with Gasteiger partial charge in [-0.25, -0.2) is 4.98 Å². The van der Waals surface area contributed by atoms with Crippen molar-refractivity contribution in [3.8, 4) is 23.0 Å². The Morgan fingerprint density at radius 1 is 1.20 bits per heavy atom. The van der Waals surface area contributed by atoms with Crippen LogP contribution in [-0.2, 0) is 11.3 Å². The number of nitrogens with zero attached hydrogens (tertiary/aromatic N) is 5. The first-order valence-corrected chi connectivity index (χ1v) is 10.1. The first kappa shape index (κ1) is 20.0. The number of likely N-dealkylation sites (N-methyl/N-ethyl adjacent to an activating group) is 1. The van der Waals surface area contributed by atoms with Gasteiger partial charge in [0.2, 0.25) is 11.8 Å².